The van der Waals surface area contributed by atoms with Crippen LogP contribution < -0.4 is 5.32 Å². The first kappa shape index (κ1) is 18.8. The second kappa shape index (κ2) is 8.23. The van der Waals surface area contributed by atoms with Crippen molar-refractivity contribution in [2.24, 2.45) is 4.99 Å². The summed E-state index contributed by atoms with van der Waals surface area (Å²) >= 11 is 0. The summed E-state index contributed by atoms with van der Waals surface area (Å²) in [5, 5.41) is 4.53. The zero-order chi connectivity index (χ0) is 20.2. The minimum Gasteiger partial charge on any atom is -0.364 e. The van der Waals surface area contributed by atoms with Crippen LogP contribution in [0.15, 0.2) is 77.8 Å². The Kier molecular flexibility index (Phi) is 5.34. The quantitative estimate of drug-likeness (QED) is 0.424. The molecule has 0 spiro atoms. The molecule has 144 valence electrons. The molecule has 4 rings (SSSR count). The van der Waals surface area contributed by atoms with Gasteiger partial charge in [-0.25, -0.2) is 9.97 Å². The molecule has 0 bridgehead atoms. The number of hydrogen-bond acceptors (Lipinski definition) is 4. The summed E-state index contributed by atoms with van der Waals surface area (Å²) in [6.45, 7) is 6.65. The van der Waals surface area contributed by atoms with E-state index in [-0.39, 0.29) is 0 Å². The van der Waals surface area contributed by atoms with Crippen molar-refractivity contribution in [2.45, 2.75) is 20.8 Å². The van der Waals surface area contributed by atoms with Gasteiger partial charge in [-0.1, -0.05) is 60.7 Å². The molecule has 1 heterocycles. The van der Waals surface area contributed by atoms with Gasteiger partial charge in [0.25, 0.3) is 0 Å². The molecule has 0 saturated heterocycles. The average molecular weight is 380 g/mol. The number of nitrogens with zero attached hydrogens (tertiary/aromatic N) is 3. The number of aromatic nitrogens is 2. The Morgan fingerprint density at radius 2 is 1.62 bits per heavy atom. The number of aliphatic imine (C=N–C) groups is 1. The Morgan fingerprint density at radius 3 is 2.41 bits per heavy atom. The van der Waals surface area contributed by atoms with Gasteiger partial charge in [0.2, 0.25) is 0 Å². The van der Waals surface area contributed by atoms with Crippen molar-refractivity contribution in [1.82, 2.24) is 9.97 Å². The molecule has 0 aliphatic heterocycles. The largest absolute Gasteiger partial charge is 0.364 e. The van der Waals surface area contributed by atoms with E-state index < -0.39 is 0 Å². The maximum atomic E-state index is 4.77. The van der Waals surface area contributed by atoms with E-state index in [0.29, 0.717) is 6.54 Å². The van der Waals surface area contributed by atoms with Crippen LogP contribution in [-0.4, -0.2) is 22.2 Å². The topological polar surface area (TPSA) is 50.2 Å². The number of para-hydroxylation sites is 1. The monoisotopic (exact) mass is 380 g/mol. The Morgan fingerprint density at radius 1 is 0.862 bits per heavy atom. The number of nitrogens with one attached hydrogen (secondary N) is 1. The van der Waals surface area contributed by atoms with Gasteiger partial charge >= 0.3 is 0 Å². The van der Waals surface area contributed by atoms with Crippen molar-refractivity contribution in [2.75, 3.05) is 11.9 Å². The van der Waals surface area contributed by atoms with Crippen LogP contribution >= 0.6 is 0 Å². The Balaban J connectivity index is 1.71. The summed E-state index contributed by atoms with van der Waals surface area (Å²) in [4.78, 5) is 14.1. The molecule has 3 aromatic carbocycles. The molecule has 29 heavy (non-hydrogen) atoms. The number of fused-ring (bicyclic) bond motifs is 1. The first-order valence-corrected chi connectivity index (χ1v) is 9.78. The number of rotatable bonds is 5. The number of hydrogen-bond donors (Lipinski definition) is 1. The SMILES string of the molecule is CC(CNc1nc(C)nc2cccc(-c3ccccc3)c12)=Nc1ccccc1C. The van der Waals surface area contributed by atoms with Crippen molar-refractivity contribution < 1.29 is 0 Å². The summed E-state index contributed by atoms with van der Waals surface area (Å²) in [5.41, 5.74) is 6.38. The fourth-order valence-corrected chi connectivity index (χ4v) is 3.43. The summed E-state index contributed by atoms with van der Waals surface area (Å²) in [7, 11) is 0. The van der Waals surface area contributed by atoms with Crippen LogP contribution in [0.5, 0.6) is 0 Å². The Bertz CT molecular complexity index is 1180. The molecular formula is C25H24N4. The van der Waals surface area contributed by atoms with Gasteiger partial charge in [-0.15, -0.1) is 0 Å². The predicted molar refractivity (Wildman–Crippen MR) is 122 cm³/mol. The second-order valence-electron chi connectivity index (χ2n) is 7.17. The standard InChI is InChI=1S/C25H24N4/c1-17-10-7-8-14-22(17)27-18(2)16-26-25-24-21(20-11-5-4-6-12-20)13-9-15-23(24)28-19(3)29-25/h4-15H,16H2,1-3H3,(H,26,28,29). The normalized spacial score (nSPS) is 11.6. The van der Waals surface area contributed by atoms with Crippen LogP contribution in [-0.2, 0) is 0 Å². The molecule has 0 atom stereocenters. The second-order valence-corrected chi connectivity index (χ2v) is 7.17. The molecule has 0 aliphatic rings. The van der Waals surface area contributed by atoms with Gasteiger partial charge in [0.05, 0.1) is 23.1 Å². The number of benzene rings is 3. The van der Waals surface area contributed by atoms with Crippen molar-refractivity contribution in [3.8, 4) is 11.1 Å². The van der Waals surface area contributed by atoms with Gasteiger partial charge in [-0.05, 0) is 49.6 Å². The van der Waals surface area contributed by atoms with E-state index in [4.69, 9.17) is 9.98 Å². The van der Waals surface area contributed by atoms with Crippen molar-refractivity contribution in [1.29, 1.82) is 0 Å². The van der Waals surface area contributed by atoms with Gasteiger partial charge in [0.1, 0.15) is 11.6 Å². The highest BCUT2D eigenvalue weighted by molar-refractivity contribution is 6.02. The lowest BCUT2D eigenvalue weighted by molar-refractivity contribution is 1.08. The molecule has 0 fully saturated rings. The zero-order valence-electron chi connectivity index (χ0n) is 17.0. The molecule has 0 amide bonds. The van der Waals surface area contributed by atoms with E-state index in [1.165, 1.54) is 5.56 Å². The van der Waals surface area contributed by atoms with Crippen LogP contribution in [0.4, 0.5) is 11.5 Å². The molecule has 4 aromatic rings. The lowest BCUT2D eigenvalue weighted by Crippen LogP contribution is -2.13. The first-order valence-electron chi connectivity index (χ1n) is 9.78. The summed E-state index contributed by atoms with van der Waals surface area (Å²) < 4.78 is 0. The van der Waals surface area contributed by atoms with Crippen LogP contribution in [0.3, 0.4) is 0 Å². The van der Waals surface area contributed by atoms with Crippen LogP contribution in [0.2, 0.25) is 0 Å². The van der Waals surface area contributed by atoms with Gasteiger partial charge < -0.3 is 5.32 Å². The summed E-state index contributed by atoms with van der Waals surface area (Å²) in [6.07, 6.45) is 0. The van der Waals surface area contributed by atoms with Crippen LogP contribution in [0.25, 0.3) is 22.0 Å². The predicted octanol–water partition coefficient (Wildman–Crippen LogP) is 6.12. The highest BCUT2D eigenvalue weighted by atomic mass is 15.0. The highest BCUT2D eigenvalue weighted by Crippen LogP contribution is 2.32. The van der Waals surface area contributed by atoms with Crippen molar-refractivity contribution >= 4 is 28.1 Å². The third-order valence-electron chi connectivity index (χ3n) is 4.86. The maximum Gasteiger partial charge on any atom is 0.138 e. The van der Waals surface area contributed by atoms with Gasteiger partial charge in [-0.3, -0.25) is 4.99 Å². The zero-order valence-corrected chi connectivity index (χ0v) is 17.0. The summed E-state index contributed by atoms with van der Waals surface area (Å²) in [6, 6.07) is 24.7. The third kappa shape index (κ3) is 4.16. The number of aryl methyl sites for hydroxylation is 2. The van der Waals surface area contributed by atoms with Crippen LogP contribution in [0, 0.1) is 13.8 Å². The van der Waals surface area contributed by atoms with Crippen molar-refractivity contribution in [3.05, 3.63) is 84.2 Å². The van der Waals surface area contributed by atoms with Crippen LogP contribution in [0.1, 0.15) is 18.3 Å². The maximum absolute atomic E-state index is 4.77. The van der Waals surface area contributed by atoms with E-state index in [2.05, 4.69) is 53.6 Å². The minimum atomic E-state index is 0.614. The van der Waals surface area contributed by atoms with E-state index >= 15 is 0 Å². The molecule has 4 nitrogen and oxygen atoms in total. The summed E-state index contributed by atoms with van der Waals surface area (Å²) in [5.74, 6) is 1.59. The average Bonchev–Trinajstić information content (AvgIpc) is 2.73. The Labute approximate surface area is 171 Å². The molecule has 0 unspecified atom stereocenters. The van der Waals surface area contributed by atoms with E-state index in [9.17, 15) is 0 Å². The third-order valence-corrected chi connectivity index (χ3v) is 4.86. The van der Waals surface area contributed by atoms with Gasteiger partial charge in [-0.2, -0.15) is 0 Å². The van der Waals surface area contributed by atoms with Crippen molar-refractivity contribution in [3.63, 3.8) is 0 Å². The van der Waals surface area contributed by atoms with E-state index in [0.717, 1.165) is 45.1 Å². The fraction of sp³-hybridized carbons (Fsp3) is 0.160. The molecule has 1 N–H and O–H groups in total. The minimum absolute atomic E-state index is 0.614. The molecule has 0 radical (unpaired) electrons. The molecule has 0 saturated carbocycles. The molecule has 0 aliphatic carbocycles. The Hall–Kier alpha value is -3.53. The fourth-order valence-electron chi connectivity index (χ4n) is 3.43. The van der Waals surface area contributed by atoms with Gasteiger partial charge in [0, 0.05) is 5.71 Å². The lowest BCUT2D eigenvalue weighted by atomic mass is 10.0. The molecule has 1 aromatic heterocycles. The smallest absolute Gasteiger partial charge is 0.138 e. The highest BCUT2D eigenvalue weighted by Gasteiger charge is 2.12. The lowest BCUT2D eigenvalue weighted by Gasteiger charge is -2.13. The van der Waals surface area contributed by atoms with E-state index in [1.807, 2.05) is 50.2 Å². The van der Waals surface area contributed by atoms with E-state index in [1.54, 1.807) is 0 Å². The van der Waals surface area contributed by atoms with Gasteiger partial charge in [0.15, 0.2) is 0 Å². The first-order chi connectivity index (χ1) is 14.1. The molecule has 4 heteroatoms. The number of anilines is 1. The molecular weight excluding hydrogens is 356 g/mol.